The predicted octanol–water partition coefficient (Wildman–Crippen LogP) is 1.58. The van der Waals surface area contributed by atoms with Gasteiger partial charge >= 0.3 is 0 Å². The lowest BCUT2D eigenvalue weighted by Crippen LogP contribution is -2.38. The Kier molecular flexibility index (Phi) is 7.32. The summed E-state index contributed by atoms with van der Waals surface area (Å²) >= 11 is 3.68. The highest BCUT2D eigenvalue weighted by atomic mass is 127. The first-order valence-corrected chi connectivity index (χ1v) is 7.75. The van der Waals surface area contributed by atoms with Crippen LogP contribution in [0.25, 0.3) is 0 Å². The molecule has 0 fully saturated rings. The van der Waals surface area contributed by atoms with Crippen LogP contribution in [0.15, 0.2) is 11.4 Å². The second-order valence-corrected chi connectivity index (χ2v) is 6.80. The Labute approximate surface area is 130 Å². The maximum Gasteiger partial charge on any atom is 0.254 e. The molecule has 0 aliphatic heterocycles. The quantitative estimate of drug-likeness (QED) is 0.563. The number of amides is 2. The van der Waals surface area contributed by atoms with Crippen LogP contribution in [0.1, 0.15) is 16.8 Å². The minimum Gasteiger partial charge on any atom is -0.385 e. The average molecular weight is 396 g/mol. The van der Waals surface area contributed by atoms with Crippen LogP contribution in [0.3, 0.4) is 0 Å². The van der Waals surface area contributed by atoms with Crippen molar-refractivity contribution in [2.45, 2.75) is 6.42 Å². The number of likely N-dealkylation sites (N-methyl/N-ethyl adjacent to an activating group) is 1. The number of hydrogen-bond acceptors (Lipinski definition) is 4. The smallest absolute Gasteiger partial charge is 0.254 e. The number of ether oxygens (including phenoxy) is 1. The largest absolute Gasteiger partial charge is 0.385 e. The first-order chi connectivity index (χ1) is 9.04. The molecule has 0 atom stereocenters. The van der Waals surface area contributed by atoms with Crippen LogP contribution in [-0.4, -0.2) is 50.6 Å². The summed E-state index contributed by atoms with van der Waals surface area (Å²) in [6, 6.07) is 1.82. The van der Waals surface area contributed by atoms with E-state index in [4.69, 9.17) is 4.74 Å². The molecule has 2 amide bonds. The standard InChI is InChI=1S/C12H17IN2O3S/c1-15(7-11(16)14-4-3-5-18-2)12(17)9-6-10(13)19-8-9/h6,8H,3-5,7H2,1-2H3,(H,14,16). The number of carbonyl (C=O) groups excluding carboxylic acids is 2. The second-order valence-electron chi connectivity index (χ2n) is 4.00. The van der Waals surface area contributed by atoms with E-state index in [9.17, 15) is 9.59 Å². The second kappa shape index (κ2) is 8.49. The fraction of sp³-hybridized carbons (Fsp3) is 0.500. The summed E-state index contributed by atoms with van der Waals surface area (Å²) in [4.78, 5) is 25.0. The topological polar surface area (TPSA) is 58.6 Å². The molecular weight excluding hydrogens is 379 g/mol. The third kappa shape index (κ3) is 5.87. The van der Waals surface area contributed by atoms with Crippen molar-refractivity contribution >= 4 is 45.7 Å². The summed E-state index contributed by atoms with van der Waals surface area (Å²) < 4.78 is 5.94. The van der Waals surface area contributed by atoms with Crippen molar-refractivity contribution in [2.24, 2.45) is 0 Å². The third-order valence-corrected chi connectivity index (χ3v) is 4.18. The van der Waals surface area contributed by atoms with Crippen molar-refractivity contribution < 1.29 is 14.3 Å². The van der Waals surface area contributed by atoms with Gasteiger partial charge in [0.15, 0.2) is 0 Å². The van der Waals surface area contributed by atoms with Gasteiger partial charge in [-0.3, -0.25) is 9.59 Å². The van der Waals surface area contributed by atoms with Crippen LogP contribution in [0, 0.1) is 2.88 Å². The van der Waals surface area contributed by atoms with Gasteiger partial charge in [0.05, 0.1) is 15.0 Å². The molecule has 106 valence electrons. The molecule has 0 spiro atoms. The lowest BCUT2D eigenvalue weighted by molar-refractivity contribution is -0.121. The molecule has 19 heavy (non-hydrogen) atoms. The Morgan fingerprint density at radius 1 is 1.53 bits per heavy atom. The van der Waals surface area contributed by atoms with Gasteiger partial charge in [0, 0.05) is 32.7 Å². The van der Waals surface area contributed by atoms with E-state index in [1.54, 1.807) is 19.5 Å². The van der Waals surface area contributed by atoms with Crippen LogP contribution >= 0.6 is 33.9 Å². The molecule has 7 heteroatoms. The highest BCUT2D eigenvalue weighted by molar-refractivity contribution is 14.1. The Balaban J connectivity index is 2.35. The fourth-order valence-corrected chi connectivity index (χ4v) is 2.75. The highest BCUT2D eigenvalue weighted by Gasteiger charge is 2.15. The van der Waals surface area contributed by atoms with E-state index in [1.807, 2.05) is 6.07 Å². The van der Waals surface area contributed by atoms with Crippen LogP contribution in [0.2, 0.25) is 0 Å². The normalized spacial score (nSPS) is 10.3. The lowest BCUT2D eigenvalue weighted by atomic mass is 10.3. The molecule has 1 aromatic heterocycles. The zero-order valence-corrected chi connectivity index (χ0v) is 13.9. The number of hydrogen-bond donors (Lipinski definition) is 1. The van der Waals surface area contributed by atoms with Gasteiger partial charge in [0.2, 0.25) is 5.91 Å². The molecule has 1 aromatic rings. The van der Waals surface area contributed by atoms with E-state index in [1.165, 1.54) is 16.2 Å². The molecule has 0 unspecified atom stereocenters. The van der Waals surface area contributed by atoms with Gasteiger partial charge < -0.3 is 15.0 Å². The highest BCUT2D eigenvalue weighted by Crippen LogP contribution is 2.17. The molecule has 1 rings (SSSR count). The molecule has 0 aliphatic rings. The third-order valence-electron chi connectivity index (χ3n) is 2.39. The van der Waals surface area contributed by atoms with Gasteiger partial charge in [-0.1, -0.05) is 0 Å². The van der Waals surface area contributed by atoms with E-state index >= 15 is 0 Å². The van der Waals surface area contributed by atoms with Crippen LogP contribution in [-0.2, 0) is 9.53 Å². The number of rotatable bonds is 7. The summed E-state index contributed by atoms with van der Waals surface area (Å²) in [5.74, 6) is -0.289. The van der Waals surface area contributed by atoms with Gasteiger partial charge in [-0.05, 0) is 35.1 Å². The maximum atomic E-state index is 12.0. The fourth-order valence-electron chi connectivity index (χ4n) is 1.43. The molecule has 0 bridgehead atoms. The number of nitrogens with zero attached hydrogens (tertiary/aromatic N) is 1. The summed E-state index contributed by atoms with van der Waals surface area (Å²) in [5, 5.41) is 4.55. The van der Waals surface area contributed by atoms with Crippen LogP contribution in [0.5, 0.6) is 0 Å². The van der Waals surface area contributed by atoms with Crippen molar-refractivity contribution in [3.63, 3.8) is 0 Å². The Bertz CT molecular complexity index is 436. The summed E-state index contributed by atoms with van der Waals surface area (Å²) in [6.07, 6.45) is 0.766. The van der Waals surface area contributed by atoms with Crippen molar-refractivity contribution in [1.82, 2.24) is 10.2 Å². The predicted molar refractivity (Wildman–Crippen MR) is 83.5 cm³/mol. The van der Waals surface area contributed by atoms with Crippen LogP contribution in [0.4, 0.5) is 0 Å². The Hall–Kier alpha value is -0.670. The van der Waals surface area contributed by atoms with E-state index in [2.05, 4.69) is 27.9 Å². The van der Waals surface area contributed by atoms with E-state index in [0.717, 1.165) is 9.30 Å². The molecule has 5 nitrogen and oxygen atoms in total. The number of carbonyl (C=O) groups is 2. The van der Waals surface area contributed by atoms with E-state index in [-0.39, 0.29) is 18.4 Å². The zero-order valence-electron chi connectivity index (χ0n) is 10.9. The summed E-state index contributed by atoms with van der Waals surface area (Å²) in [6.45, 7) is 1.24. The first kappa shape index (κ1) is 16.4. The monoisotopic (exact) mass is 396 g/mol. The van der Waals surface area contributed by atoms with E-state index < -0.39 is 0 Å². The van der Waals surface area contributed by atoms with Gasteiger partial charge in [-0.2, -0.15) is 0 Å². The maximum absolute atomic E-state index is 12.0. The Morgan fingerprint density at radius 2 is 2.26 bits per heavy atom. The summed E-state index contributed by atoms with van der Waals surface area (Å²) in [7, 11) is 3.25. The number of methoxy groups -OCH3 is 1. The van der Waals surface area contributed by atoms with Crippen molar-refractivity contribution in [3.8, 4) is 0 Å². The molecule has 0 radical (unpaired) electrons. The van der Waals surface area contributed by atoms with Crippen molar-refractivity contribution in [1.29, 1.82) is 0 Å². The lowest BCUT2D eigenvalue weighted by Gasteiger charge is -2.16. The van der Waals surface area contributed by atoms with Gasteiger partial charge in [-0.25, -0.2) is 0 Å². The Morgan fingerprint density at radius 3 is 2.84 bits per heavy atom. The number of nitrogens with one attached hydrogen (secondary N) is 1. The van der Waals surface area contributed by atoms with E-state index in [0.29, 0.717) is 18.7 Å². The molecule has 0 aliphatic carbocycles. The molecule has 0 saturated carbocycles. The minimum absolute atomic E-state index is 0.0677. The zero-order chi connectivity index (χ0) is 14.3. The average Bonchev–Trinajstić information content (AvgIpc) is 2.80. The van der Waals surface area contributed by atoms with Crippen molar-refractivity contribution in [3.05, 3.63) is 19.9 Å². The molecule has 0 saturated heterocycles. The SMILES string of the molecule is COCCCNC(=O)CN(C)C(=O)c1csc(I)c1. The van der Waals surface area contributed by atoms with Gasteiger partial charge in [0.1, 0.15) is 0 Å². The molecular formula is C12H17IN2O3S. The van der Waals surface area contributed by atoms with Gasteiger partial charge in [-0.15, -0.1) is 11.3 Å². The molecule has 1 N–H and O–H groups in total. The van der Waals surface area contributed by atoms with Crippen molar-refractivity contribution in [2.75, 3.05) is 33.9 Å². The number of thiophene rings is 1. The van der Waals surface area contributed by atoms with Gasteiger partial charge in [0.25, 0.3) is 5.91 Å². The minimum atomic E-state index is -0.156. The van der Waals surface area contributed by atoms with Crippen LogP contribution < -0.4 is 5.32 Å². The molecule has 0 aromatic carbocycles. The summed E-state index contributed by atoms with van der Waals surface area (Å²) in [5.41, 5.74) is 0.629. The first-order valence-electron chi connectivity index (χ1n) is 5.79. The number of halogens is 1. The molecule has 1 heterocycles.